The van der Waals surface area contributed by atoms with Gasteiger partial charge in [-0.2, -0.15) is 0 Å². The van der Waals surface area contributed by atoms with Crippen LogP contribution in [0.2, 0.25) is 0 Å². The molecule has 0 atom stereocenters. The van der Waals surface area contributed by atoms with Gasteiger partial charge < -0.3 is 14.8 Å². The Bertz CT molecular complexity index is 291. The summed E-state index contributed by atoms with van der Waals surface area (Å²) in [5, 5.41) is 7.96. The van der Waals surface area contributed by atoms with E-state index in [4.69, 9.17) is 9.47 Å². The van der Waals surface area contributed by atoms with Crippen molar-refractivity contribution in [1.82, 2.24) is 9.59 Å². The summed E-state index contributed by atoms with van der Waals surface area (Å²) in [7, 11) is 1.85. The van der Waals surface area contributed by atoms with Crippen LogP contribution in [0.5, 0.6) is 0 Å². The Kier molecular flexibility index (Phi) is 6.29. The molecule has 16 heavy (non-hydrogen) atoms. The number of hydrogen-bond acceptors (Lipinski definition) is 6. The number of nitrogens with one attached hydrogen (secondary N) is 1. The van der Waals surface area contributed by atoms with Crippen LogP contribution < -0.4 is 5.32 Å². The van der Waals surface area contributed by atoms with Crippen LogP contribution in [-0.4, -0.2) is 36.5 Å². The van der Waals surface area contributed by atoms with Crippen molar-refractivity contribution in [3.8, 4) is 0 Å². The first-order valence-corrected chi connectivity index (χ1v) is 6.15. The number of ether oxygens (including phenoxy) is 2. The summed E-state index contributed by atoms with van der Waals surface area (Å²) in [4.78, 5) is 0. The van der Waals surface area contributed by atoms with Gasteiger partial charge in [0, 0.05) is 25.2 Å². The van der Waals surface area contributed by atoms with Crippen molar-refractivity contribution >= 4 is 16.5 Å². The van der Waals surface area contributed by atoms with Crippen molar-refractivity contribution in [2.75, 3.05) is 32.2 Å². The Morgan fingerprint density at radius 1 is 1.31 bits per heavy atom. The minimum atomic E-state index is 0.484. The molecule has 1 aromatic rings. The normalized spacial score (nSPS) is 11.0. The maximum atomic E-state index is 5.44. The molecule has 6 heteroatoms. The van der Waals surface area contributed by atoms with E-state index in [1.165, 1.54) is 11.5 Å². The molecular formula is C10H19N3O2S. The molecular weight excluding hydrogens is 226 g/mol. The lowest BCUT2D eigenvalue weighted by atomic mass is 10.2. The van der Waals surface area contributed by atoms with Crippen molar-refractivity contribution in [1.29, 1.82) is 0 Å². The topological polar surface area (TPSA) is 56.3 Å². The lowest BCUT2D eigenvalue weighted by Crippen LogP contribution is -2.09. The first-order valence-electron chi connectivity index (χ1n) is 5.38. The predicted octanol–water partition coefficient (Wildman–Crippen LogP) is 1.77. The average molecular weight is 245 g/mol. The minimum Gasteiger partial charge on any atom is -0.379 e. The van der Waals surface area contributed by atoms with Gasteiger partial charge in [-0.3, -0.25) is 0 Å². The van der Waals surface area contributed by atoms with Gasteiger partial charge in [0.05, 0.1) is 19.8 Å². The number of aromatic nitrogens is 2. The van der Waals surface area contributed by atoms with Crippen molar-refractivity contribution in [2.45, 2.75) is 20.5 Å². The summed E-state index contributed by atoms with van der Waals surface area (Å²) in [6, 6.07) is 0. The van der Waals surface area contributed by atoms with Gasteiger partial charge in [0.25, 0.3) is 0 Å². The van der Waals surface area contributed by atoms with Crippen LogP contribution in [0.15, 0.2) is 0 Å². The predicted molar refractivity (Wildman–Crippen MR) is 64.8 cm³/mol. The zero-order chi connectivity index (χ0) is 11.8. The van der Waals surface area contributed by atoms with Gasteiger partial charge in [0.15, 0.2) is 0 Å². The molecule has 92 valence electrons. The van der Waals surface area contributed by atoms with Gasteiger partial charge in [-0.1, -0.05) is 18.3 Å². The summed E-state index contributed by atoms with van der Waals surface area (Å²) in [5.74, 6) is 0.568. The van der Waals surface area contributed by atoms with Gasteiger partial charge in [0.2, 0.25) is 0 Å². The Hall–Kier alpha value is -0.720. The molecule has 1 aromatic heterocycles. The maximum absolute atomic E-state index is 5.44. The first-order chi connectivity index (χ1) is 7.74. The molecule has 1 rings (SSSR count). The summed E-state index contributed by atoms with van der Waals surface area (Å²) in [6.07, 6.45) is 0. The van der Waals surface area contributed by atoms with Crippen LogP contribution in [-0.2, 0) is 16.1 Å². The second kappa shape index (κ2) is 7.54. The van der Waals surface area contributed by atoms with E-state index in [2.05, 4.69) is 28.8 Å². The monoisotopic (exact) mass is 245 g/mol. The molecule has 1 heterocycles. The molecule has 0 fully saturated rings. The van der Waals surface area contributed by atoms with Crippen molar-refractivity contribution in [3.63, 3.8) is 0 Å². The molecule has 5 nitrogen and oxygen atoms in total. The number of rotatable bonds is 8. The Balaban J connectivity index is 2.07. The Labute approximate surface area is 100 Å². The zero-order valence-corrected chi connectivity index (χ0v) is 10.8. The van der Waals surface area contributed by atoms with Crippen molar-refractivity contribution < 1.29 is 9.47 Å². The third-order valence-corrected chi connectivity index (χ3v) is 2.63. The number of nitrogens with zero attached hydrogens (tertiary/aromatic N) is 2. The highest BCUT2D eigenvalue weighted by Gasteiger charge is 2.05. The Morgan fingerprint density at radius 3 is 2.75 bits per heavy atom. The Morgan fingerprint density at radius 2 is 2.06 bits per heavy atom. The molecule has 0 unspecified atom stereocenters. The van der Waals surface area contributed by atoms with Gasteiger partial charge in [-0.25, -0.2) is 0 Å². The van der Waals surface area contributed by atoms with E-state index < -0.39 is 0 Å². The van der Waals surface area contributed by atoms with Crippen LogP contribution >= 0.6 is 11.5 Å². The van der Waals surface area contributed by atoms with Gasteiger partial charge in [-0.15, -0.1) is 5.10 Å². The van der Waals surface area contributed by atoms with E-state index in [1.807, 2.05) is 7.05 Å². The SMILES string of the molecule is CNc1snnc1COCCOCC(C)C. The average Bonchev–Trinajstić information content (AvgIpc) is 2.70. The zero-order valence-electron chi connectivity index (χ0n) is 10.0. The second-order valence-corrected chi connectivity index (χ2v) is 4.57. The van der Waals surface area contributed by atoms with Crippen molar-refractivity contribution in [3.05, 3.63) is 5.69 Å². The standard InChI is InChI=1S/C10H19N3O2S/c1-8(2)6-14-4-5-15-7-9-10(11-3)16-13-12-9/h8,11H,4-7H2,1-3H3. The highest BCUT2D eigenvalue weighted by atomic mass is 32.1. The smallest absolute Gasteiger partial charge is 0.135 e. The molecule has 0 saturated heterocycles. The van der Waals surface area contributed by atoms with Crippen LogP contribution in [0.25, 0.3) is 0 Å². The van der Waals surface area contributed by atoms with Crippen LogP contribution in [0.3, 0.4) is 0 Å². The molecule has 0 aliphatic rings. The summed E-state index contributed by atoms with van der Waals surface area (Å²) in [5.41, 5.74) is 0.858. The second-order valence-electron chi connectivity index (χ2n) is 3.82. The molecule has 0 spiro atoms. The quantitative estimate of drug-likeness (QED) is 0.707. The lowest BCUT2D eigenvalue weighted by Gasteiger charge is -2.07. The van der Waals surface area contributed by atoms with E-state index in [1.54, 1.807) is 0 Å². The molecule has 0 aliphatic carbocycles. The minimum absolute atomic E-state index is 0.484. The fourth-order valence-corrected chi connectivity index (χ4v) is 1.62. The number of anilines is 1. The van der Waals surface area contributed by atoms with Crippen LogP contribution in [0, 0.1) is 5.92 Å². The summed E-state index contributed by atoms with van der Waals surface area (Å²) < 4.78 is 14.7. The van der Waals surface area contributed by atoms with E-state index in [0.29, 0.717) is 25.7 Å². The molecule has 0 amide bonds. The van der Waals surface area contributed by atoms with Crippen molar-refractivity contribution in [2.24, 2.45) is 5.92 Å². The van der Waals surface area contributed by atoms with Crippen LogP contribution in [0.4, 0.5) is 5.00 Å². The molecule has 0 aromatic carbocycles. The highest BCUT2D eigenvalue weighted by Crippen LogP contribution is 2.16. The largest absolute Gasteiger partial charge is 0.379 e. The molecule has 0 bridgehead atoms. The fraction of sp³-hybridized carbons (Fsp3) is 0.800. The van der Waals surface area contributed by atoms with E-state index in [0.717, 1.165) is 17.3 Å². The van der Waals surface area contributed by atoms with Gasteiger partial charge >= 0.3 is 0 Å². The van der Waals surface area contributed by atoms with E-state index >= 15 is 0 Å². The highest BCUT2D eigenvalue weighted by molar-refractivity contribution is 7.10. The lowest BCUT2D eigenvalue weighted by molar-refractivity contribution is 0.0306. The van der Waals surface area contributed by atoms with E-state index in [9.17, 15) is 0 Å². The number of hydrogen-bond donors (Lipinski definition) is 1. The van der Waals surface area contributed by atoms with Gasteiger partial charge in [-0.05, 0) is 5.92 Å². The van der Waals surface area contributed by atoms with E-state index in [-0.39, 0.29) is 0 Å². The fourth-order valence-electron chi connectivity index (χ4n) is 1.10. The summed E-state index contributed by atoms with van der Waals surface area (Å²) >= 11 is 1.34. The van der Waals surface area contributed by atoms with Gasteiger partial charge in [0.1, 0.15) is 10.7 Å². The first kappa shape index (κ1) is 13.3. The molecule has 0 radical (unpaired) electrons. The molecule has 0 aliphatic heterocycles. The van der Waals surface area contributed by atoms with Crippen LogP contribution in [0.1, 0.15) is 19.5 Å². The summed E-state index contributed by atoms with van der Waals surface area (Å²) in [6.45, 7) is 6.74. The third kappa shape index (κ3) is 4.87. The third-order valence-electron chi connectivity index (χ3n) is 1.84. The molecule has 1 N–H and O–H groups in total. The molecule has 0 saturated carbocycles. The maximum Gasteiger partial charge on any atom is 0.135 e.